The minimum atomic E-state index is 0.0718. The molecule has 3 heteroatoms. The molecule has 0 heterocycles. The minimum Gasteiger partial charge on any atom is -0.512 e. The zero-order valence-corrected chi connectivity index (χ0v) is 14.4. The molecule has 0 saturated carbocycles. The van der Waals surface area contributed by atoms with E-state index in [0.29, 0.717) is 30.3 Å². The average molecular weight is 361 g/mol. The van der Waals surface area contributed by atoms with Gasteiger partial charge in [-0.05, 0) is 54.4 Å². The molecule has 0 unspecified atom stereocenters. The van der Waals surface area contributed by atoms with E-state index in [1.165, 1.54) is 0 Å². The molecule has 0 amide bonds. The summed E-state index contributed by atoms with van der Waals surface area (Å²) in [6.45, 7) is 2.08. The molecule has 1 aromatic carbocycles. The highest BCUT2D eigenvalue weighted by atomic mass is 79.9. The number of aryl methyl sites for hydroxylation is 1. The Morgan fingerprint density at radius 2 is 1.86 bits per heavy atom. The van der Waals surface area contributed by atoms with Gasteiger partial charge in [0.15, 0.2) is 5.78 Å². The van der Waals surface area contributed by atoms with Crippen molar-refractivity contribution in [1.82, 2.24) is 0 Å². The predicted molar refractivity (Wildman–Crippen MR) is 92.7 cm³/mol. The summed E-state index contributed by atoms with van der Waals surface area (Å²) in [6.07, 6.45) is 8.37. The van der Waals surface area contributed by atoms with E-state index in [9.17, 15) is 9.90 Å². The second-order valence-corrected chi connectivity index (χ2v) is 7.21. The molecular formula is C19H21BrO2. The van der Waals surface area contributed by atoms with Gasteiger partial charge in [-0.2, -0.15) is 0 Å². The van der Waals surface area contributed by atoms with Crippen LogP contribution in [-0.4, -0.2) is 10.9 Å². The van der Waals surface area contributed by atoms with Crippen molar-refractivity contribution in [3.63, 3.8) is 0 Å². The van der Waals surface area contributed by atoms with Crippen LogP contribution in [0.15, 0.2) is 40.6 Å². The van der Waals surface area contributed by atoms with Gasteiger partial charge < -0.3 is 5.11 Å². The summed E-state index contributed by atoms with van der Waals surface area (Å²) in [5.41, 5.74) is 2.54. The van der Waals surface area contributed by atoms with Crippen molar-refractivity contribution in [1.29, 1.82) is 0 Å². The van der Waals surface area contributed by atoms with Gasteiger partial charge in [0.05, 0.1) is 5.57 Å². The van der Waals surface area contributed by atoms with E-state index in [-0.39, 0.29) is 11.5 Å². The summed E-state index contributed by atoms with van der Waals surface area (Å²) in [7, 11) is 0. The topological polar surface area (TPSA) is 37.3 Å². The maximum absolute atomic E-state index is 12.8. The SMILES string of the molecule is CCc1ccc(Br)cc1/C1=C(\O)C[C@H]2C=C[C@H](CC2)CC1=O. The van der Waals surface area contributed by atoms with Crippen LogP contribution < -0.4 is 0 Å². The molecule has 0 saturated heterocycles. The van der Waals surface area contributed by atoms with Crippen LogP contribution in [0, 0.1) is 11.8 Å². The van der Waals surface area contributed by atoms with Crippen LogP contribution in [0.5, 0.6) is 0 Å². The third kappa shape index (κ3) is 3.05. The number of benzene rings is 1. The van der Waals surface area contributed by atoms with Crippen molar-refractivity contribution < 1.29 is 9.90 Å². The lowest BCUT2D eigenvalue weighted by Crippen LogP contribution is -2.12. The Kier molecular flexibility index (Phi) is 4.53. The van der Waals surface area contributed by atoms with Gasteiger partial charge in [-0.3, -0.25) is 4.79 Å². The van der Waals surface area contributed by atoms with Gasteiger partial charge in [0, 0.05) is 17.3 Å². The van der Waals surface area contributed by atoms with Crippen molar-refractivity contribution >= 4 is 27.3 Å². The van der Waals surface area contributed by atoms with Crippen LogP contribution in [0.25, 0.3) is 5.57 Å². The highest BCUT2D eigenvalue weighted by molar-refractivity contribution is 9.10. The number of aliphatic hydroxyl groups is 1. The maximum atomic E-state index is 12.8. The average Bonchev–Trinajstić information content (AvgIpc) is 2.58. The Hall–Kier alpha value is -1.35. The summed E-state index contributed by atoms with van der Waals surface area (Å²) >= 11 is 3.49. The highest BCUT2D eigenvalue weighted by Gasteiger charge is 2.28. The highest BCUT2D eigenvalue weighted by Crippen LogP contribution is 2.37. The number of hydrogen-bond donors (Lipinski definition) is 1. The number of carbonyl (C=O) groups excluding carboxylic acids is 1. The summed E-state index contributed by atoms with van der Waals surface area (Å²) < 4.78 is 0.939. The third-order valence-electron chi connectivity index (χ3n) is 4.76. The van der Waals surface area contributed by atoms with Gasteiger partial charge in [-0.1, -0.05) is 41.1 Å². The normalized spacial score (nSPS) is 28.4. The Morgan fingerprint density at radius 1 is 1.18 bits per heavy atom. The van der Waals surface area contributed by atoms with Gasteiger partial charge in [0.25, 0.3) is 0 Å². The van der Waals surface area contributed by atoms with Crippen LogP contribution in [0.4, 0.5) is 0 Å². The summed E-state index contributed by atoms with van der Waals surface area (Å²) in [4.78, 5) is 12.8. The quantitative estimate of drug-likeness (QED) is 0.733. The fraction of sp³-hybridized carbons (Fsp3) is 0.421. The summed E-state index contributed by atoms with van der Waals surface area (Å²) in [5.74, 6) is 1.01. The molecular weight excluding hydrogens is 340 g/mol. The number of Topliss-reactive ketones (excluding diaryl/α,β-unsaturated/α-hetero) is 1. The monoisotopic (exact) mass is 360 g/mol. The molecule has 1 N–H and O–H groups in total. The van der Waals surface area contributed by atoms with E-state index in [2.05, 4.69) is 35.0 Å². The molecule has 2 atom stereocenters. The molecule has 0 fully saturated rings. The first-order valence-corrected chi connectivity index (χ1v) is 8.80. The summed E-state index contributed by atoms with van der Waals surface area (Å²) in [6, 6.07) is 5.99. The van der Waals surface area contributed by atoms with Crippen molar-refractivity contribution in [3.05, 3.63) is 51.7 Å². The molecule has 1 aromatic rings. The molecule has 2 nitrogen and oxygen atoms in total. The van der Waals surface area contributed by atoms with E-state index in [1.807, 2.05) is 18.2 Å². The number of aliphatic hydroxyl groups excluding tert-OH is 1. The zero-order valence-electron chi connectivity index (χ0n) is 12.8. The molecule has 3 aliphatic carbocycles. The Morgan fingerprint density at radius 3 is 2.50 bits per heavy atom. The lowest BCUT2D eigenvalue weighted by molar-refractivity contribution is -0.114. The van der Waals surface area contributed by atoms with Crippen molar-refractivity contribution in [2.75, 3.05) is 0 Å². The zero-order chi connectivity index (χ0) is 15.7. The van der Waals surface area contributed by atoms with E-state index < -0.39 is 0 Å². The number of hydrogen-bond acceptors (Lipinski definition) is 2. The van der Waals surface area contributed by atoms with E-state index >= 15 is 0 Å². The van der Waals surface area contributed by atoms with Gasteiger partial charge in [-0.25, -0.2) is 0 Å². The van der Waals surface area contributed by atoms with Gasteiger partial charge in [0.1, 0.15) is 5.76 Å². The number of fused-ring (bicyclic) bond motifs is 4. The number of halogens is 1. The minimum absolute atomic E-state index is 0.0718. The smallest absolute Gasteiger partial charge is 0.167 e. The second-order valence-electron chi connectivity index (χ2n) is 6.29. The van der Waals surface area contributed by atoms with E-state index in [0.717, 1.165) is 34.9 Å². The molecule has 0 aromatic heterocycles. The largest absolute Gasteiger partial charge is 0.512 e. The fourth-order valence-electron chi connectivity index (χ4n) is 3.52. The number of allylic oxidation sites excluding steroid dienone is 4. The van der Waals surface area contributed by atoms with Crippen molar-refractivity contribution in [2.24, 2.45) is 11.8 Å². The van der Waals surface area contributed by atoms with Gasteiger partial charge >= 0.3 is 0 Å². The molecule has 0 aliphatic heterocycles. The van der Waals surface area contributed by atoms with Gasteiger partial charge in [0.2, 0.25) is 0 Å². The van der Waals surface area contributed by atoms with Crippen LogP contribution in [0.2, 0.25) is 0 Å². The van der Waals surface area contributed by atoms with Crippen molar-refractivity contribution in [2.45, 2.75) is 39.0 Å². The lowest BCUT2D eigenvalue weighted by atomic mass is 9.85. The molecule has 22 heavy (non-hydrogen) atoms. The first-order chi connectivity index (χ1) is 10.6. The first kappa shape index (κ1) is 15.5. The number of rotatable bonds is 2. The third-order valence-corrected chi connectivity index (χ3v) is 5.25. The second kappa shape index (κ2) is 6.41. The van der Waals surface area contributed by atoms with E-state index in [1.54, 1.807) is 0 Å². The standard InChI is InChI=1S/C19H21BrO2/c1-2-14-7-8-15(20)11-16(14)19-17(21)9-12-3-4-13(6-5-12)10-18(19)22/h3-4,7-8,11-13,21H,2,5-6,9-10H2,1H3/b19-17+/t12-,13+/m0/s1. The van der Waals surface area contributed by atoms with Crippen LogP contribution >= 0.6 is 15.9 Å². The predicted octanol–water partition coefficient (Wildman–Crippen LogP) is 5.23. The number of ketones is 1. The van der Waals surface area contributed by atoms with Crippen LogP contribution in [0.1, 0.15) is 43.7 Å². The molecule has 0 spiro atoms. The Bertz CT molecular complexity index is 657. The maximum Gasteiger partial charge on any atom is 0.167 e. The molecule has 116 valence electrons. The summed E-state index contributed by atoms with van der Waals surface area (Å²) in [5, 5.41) is 10.7. The fourth-order valence-corrected chi connectivity index (χ4v) is 3.88. The molecule has 3 aliphatic rings. The lowest BCUT2D eigenvalue weighted by Gasteiger charge is -2.19. The molecule has 0 radical (unpaired) electrons. The number of carbonyl (C=O) groups is 1. The van der Waals surface area contributed by atoms with Crippen LogP contribution in [-0.2, 0) is 11.2 Å². The first-order valence-electron chi connectivity index (χ1n) is 8.01. The molecule has 2 bridgehead atoms. The Labute approximate surface area is 140 Å². The molecule has 4 rings (SSSR count). The van der Waals surface area contributed by atoms with E-state index in [4.69, 9.17) is 0 Å². The van der Waals surface area contributed by atoms with Gasteiger partial charge in [-0.15, -0.1) is 0 Å². The van der Waals surface area contributed by atoms with Crippen LogP contribution in [0.3, 0.4) is 0 Å². The Balaban J connectivity index is 2.11. The van der Waals surface area contributed by atoms with Crippen molar-refractivity contribution in [3.8, 4) is 0 Å².